The molecule has 0 aliphatic carbocycles. The third-order valence-electron chi connectivity index (χ3n) is 3.64. The topological polar surface area (TPSA) is 63.2 Å². The SMILES string of the molecule is Cc1nc(C=O)c2c(n1)N(Cc1ccc(Br)cc1)C(=O)CC2. The first-order valence-electron chi connectivity index (χ1n) is 6.96. The number of aromatic nitrogens is 2. The van der Waals surface area contributed by atoms with E-state index in [2.05, 4.69) is 25.9 Å². The number of carbonyl (C=O) groups excluding carboxylic acids is 2. The maximum absolute atomic E-state index is 12.3. The van der Waals surface area contributed by atoms with Crippen molar-refractivity contribution in [1.29, 1.82) is 0 Å². The summed E-state index contributed by atoms with van der Waals surface area (Å²) in [4.78, 5) is 33.7. The largest absolute Gasteiger partial charge is 0.296 e. The van der Waals surface area contributed by atoms with Crippen LogP contribution in [0.1, 0.15) is 33.9 Å². The van der Waals surface area contributed by atoms with Gasteiger partial charge in [0.25, 0.3) is 0 Å². The predicted octanol–water partition coefficient (Wildman–Crippen LogP) is 2.84. The van der Waals surface area contributed by atoms with E-state index >= 15 is 0 Å². The van der Waals surface area contributed by atoms with Crippen molar-refractivity contribution in [3.05, 3.63) is 51.4 Å². The molecule has 6 heteroatoms. The molecule has 1 aromatic heterocycles. The third-order valence-corrected chi connectivity index (χ3v) is 4.17. The van der Waals surface area contributed by atoms with Crippen LogP contribution in [0.15, 0.2) is 28.7 Å². The maximum atomic E-state index is 12.3. The van der Waals surface area contributed by atoms with Gasteiger partial charge in [-0.3, -0.25) is 14.5 Å². The van der Waals surface area contributed by atoms with Crippen molar-refractivity contribution in [2.24, 2.45) is 0 Å². The van der Waals surface area contributed by atoms with Crippen LogP contribution in [0.3, 0.4) is 0 Å². The summed E-state index contributed by atoms with van der Waals surface area (Å²) in [5.41, 5.74) is 2.15. The molecule has 0 saturated carbocycles. The number of aldehydes is 1. The van der Waals surface area contributed by atoms with Crippen molar-refractivity contribution in [2.75, 3.05) is 4.90 Å². The lowest BCUT2D eigenvalue weighted by atomic mass is 10.0. The van der Waals surface area contributed by atoms with Crippen LogP contribution < -0.4 is 4.90 Å². The number of nitrogens with zero attached hydrogens (tertiary/aromatic N) is 3. The quantitative estimate of drug-likeness (QED) is 0.790. The lowest BCUT2D eigenvalue weighted by Gasteiger charge is -2.29. The second kappa shape index (κ2) is 5.96. The summed E-state index contributed by atoms with van der Waals surface area (Å²) in [6, 6.07) is 7.79. The normalized spacial score (nSPS) is 13.9. The van der Waals surface area contributed by atoms with Gasteiger partial charge in [-0.05, 0) is 31.0 Å². The van der Waals surface area contributed by atoms with E-state index in [1.54, 1.807) is 11.8 Å². The Balaban J connectivity index is 2.02. The number of rotatable bonds is 3. The zero-order chi connectivity index (χ0) is 15.7. The van der Waals surface area contributed by atoms with Crippen molar-refractivity contribution in [2.45, 2.75) is 26.3 Å². The average Bonchev–Trinajstić information content (AvgIpc) is 2.51. The number of fused-ring (bicyclic) bond motifs is 1. The average molecular weight is 360 g/mol. The minimum Gasteiger partial charge on any atom is -0.296 e. The van der Waals surface area contributed by atoms with E-state index in [9.17, 15) is 9.59 Å². The van der Waals surface area contributed by atoms with Crippen molar-refractivity contribution >= 4 is 33.9 Å². The standard InChI is InChI=1S/C16H14BrN3O2/c1-10-18-14(9-21)13-6-7-15(22)20(16(13)19-10)8-11-2-4-12(17)5-3-11/h2-5,9H,6-8H2,1H3. The molecule has 1 amide bonds. The van der Waals surface area contributed by atoms with Crippen LogP contribution in [0.4, 0.5) is 5.82 Å². The molecule has 0 radical (unpaired) electrons. The molecule has 22 heavy (non-hydrogen) atoms. The Bertz CT molecular complexity index is 744. The van der Waals surface area contributed by atoms with E-state index < -0.39 is 0 Å². The summed E-state index contributed by atoms with van der Waals surface area (Å²) >= 11 is 3.40. The predicted molar refractivity (Wildman–Crippen MR) is 85.8 cm³/mol. The Morgan fingerprint density at radius 3 is 2.64 bits per heavy atom. The number of amides is 1. The maximum Gasteiger partial charge on any atom is 0.228 e. The zero-order valence-electron chi connectivity index (χ0n) is 12.0. The van der Waals surface area contributed by atoms with Crippen LogP contribution in [0.2, 0.25) is 0 Å². The van der Waals surface area contributed by atoms with E-state index in [1.165, 1.54) is 0 Å². The summed E-state index contributed by atoms with van der Waals surface area (Å²) in [6.07, 6.45) is 1.62. The van der Waals surface area contributed by atoms with Crippen molar-refractivity contribution in [3.8, 4) is 0 Å². The van der Waals surface area contributed by atoms with E-state index in [0.29, 0.717) is 36.7 Å². The smallest absolute Gasteiger partial charge is 0.228 e. The summed E-state index contributed by atoms with van der Waals surface area (Å²) < 4.78 is 0.989. The monoisotopic (exact) mass is 359 g/mol. The number of carbonyl (C=O) groups is 2. The highest BCUT2D eigenvalue weighted by Crippen LogP contribution is 2.29. The minimum atomic E-state index is 0.0189. The van der Waals surface area contributed by atoms with Gasteiger partial charge in [0.1, 0.15) is 17.3 Å². The molecule has 0 saturated heterocycles. The van der Waals surface area contributed by atoms with Gasteiger partial charge in [-0.15, -0.1) is 0 Å². The molecule has 112 valence electrons. The van der Waals surface area contributed by atoms with Crippen molar-refractivity contribution in [3.63, 3.8) is 0 Å². The number of aryl methyl sites for hydroxylation is 1. The molecule has 0 unspecified atom stereocenters. The Morgan fingerprint density at radius 2 is 1.95 bits per heavy atom. The molecule has 1 aliphatic rings. The highest BCUT2D eigenvalue weighted by Gasteiger charge is 2.28. The number of halogens is 1. The molecular weight excluding hydrogens is 346 g/mol. The fourth-order valence-electron chi connectivity index (χ4n) is 2.58. The van der Waals surface area contributed by atoms with Crippen LogP contribution in [0, 0.1) is 6.92 Å². The fourth-order valence-corrected chi connectivity index (χ4v) is 2.85. The molecule has 2 aromatic rings. The second-order valence-corrected chi connectivity index (χ2v) is 6.10. The van der Waals surface area contributed by atoms with E-state index in [-0.39, 0.29) is 5.91 Å². The number of hydrogen-bond donors (Lipinski definition) is 0. The summed E-state index contributed by atoms with van der Waals surface area (Å²) in [7, 11) is 0. The summed E-state index contributed by atoms with van der Waals surface area (Å²) in [6.45, 7) is 2.16. The van der Waals surface area contributed by atoms with Crippen molar-refractivity contribution in [1.82, 2.24) is 9.97 Å². The molecule has 3 rings (SSSR count). The molecule has 2 heterocycles. The van der Waals surface area contributed by atoms with E-state index in [4.69, 9.17) is 0 Å². The molecule has 1 aliphatic heterocycles. The van der Waals surface area contributed by atoms with Gasteiger partial charge < -0.3 is 0 Å². The van der Waals surface area contributed by atoms with Crippen LogP contribution in [0.5, 0.6) is 0 Å². The first-order chi connectivity index (χ1) is 10.6. The lowest BCUT2D eigenvalue weighted by Crippen LogP contribution is -2.36. The molecule has 1 aromatic carbocycles. The Labute approximate surface area is 136 Å². The summed E-state index contributed by atoms with van der Waals surface area (Å²) in [5.74, 6) is 1.08. The molecule has 5 nitrogen and oxygen atoms in total. The Morgan fingerprint density at radius 1 is 1.23 bits per heavy atom. The van der Waals surface area contributed by atoms with Gasteiger partial charge in [0.2, 0.25) is 5.91 Å². The van der Waals surface area contributed by atoms with E-state index in [0.717, 1.165) is 21.9 Å². The number of hydrogen-bond acceptors (Lipinski definition) is 4. The van der Waals surface area contributed by atoms with E-state index in [1.807, 2.05) is 24.3 Å². The molecule has 0 fully saturated rings. The van der Waals surface area contributed by atoms with Crippen molar-refractivity contribution < 1.29 is 9.59 Å². The third kappa shape index (κ3) is 2.78. The van der Waals surface area contributed by atoms with Gasteiger partial charge >= 0.3 is 0 Å². The van der Waals surface area contributed by atoms with Gasteiger partial charge in [-0.1, -0.05) is 28.1 Å². The highest BCUT2D eigenvalue weighted by molar-refractivity contribution is 9.10. The van der Waals surface area contributed by atoms with Crippen LogP contribution in [0.25, 0.3) is 0 Å². The van der Waals surface area contributed by atoms with Gasteiger partial charge in [0.05, 0.1) is 6.54 Å². The first-order valence-corrected chi connectivity index (χ1v) is 7.75. The Hall–Kier alpha value is -2.08. The molecule has 0 N–H and O–H groups in total. The zero-order valence-corrected chi connectivity index (χ0v) is 13.6. The minimum absolute atomic E-state index is 0.0189. The molecule has 0 spiro atoms. The number of benzene rings is 1. The summed E-state index contributed by atoms with van der Waals surface area (Å²) in [5, 5.41) is 0. The molecule has 0 bridgehead atoms. The van der Waals surface area contributed by atoms with Crippen LogP contribution in [-0.2, 0) is 17.8 Å². The molecule has 0 atom stereocenters. The fraction of sp³-hybridized carbons (Fsp3) is 0.250. The van der Waals surface area contributed by atoms with Crippen LogP contribution >= 0.6 is 15.9 Å². The van der Waals surface area contributed by atoms with Gasteiger partial charge in [0.15, 0.2) is 6.29 Å². The lowest BCUT2D eigenvalue weighted by molar-refractivity contribution is -0.119. The van der Waals surface area contributed by atoms with Crippen LogP contribution in [-0.4, -0.2) is 22.2 Å². The number of anilines is 1. The van der Waals surface area contributed by atoms with Gasteiger partial charge in [-0.2, -0.15) is 0 Å². The Kier molecular flexibility index (Phi) is 4.02. The highest BCUT2D eigenvalue weighted by atomic mass is 79.9. The van der Waals surface area contributed by atoms with Gasteiger partial charge in [-0.25, -0.2) is 9.97 Å². The molecular formula is C16H14BrN3O2. The first kappa shape index (κ1) is 14.8. The van der Waals surface area contributed by atoms with Gasteiger partial charge in [0, 0.05) is 16.5 Å². The second-order valence-electron chi connectivity index (χ2n) is 5.18.